The molecule has 0 saturated heterocycles. The smallest absolute Gasteiger partial charge is 0.303 e. The van der Waals surface area contributed by atoms with E-state index in [2.05, 4.69) is 4.98 Å². The van der Waals surface area contributed by atoms with Crippen molar-refractivity contribution in [1.29, 1.82) is 0 Å². The molecule has 4 nitrogen and oxygen atoms in total. The Balaban J connectivity index is 2.54. The van der Waals surface area contributed by atoms with Gasteiger partial charge in [-0.15, -0.1) is 11.3 Å². The van der Waals surface area contributed by atoms with E-state index in [1.54, 1.807) is 0 Å². The van der Waals surface area contributed by atoms with Crippen molar-refractivity contribution in [3.05, 3.63) is 16.1 Å². The third-order valence-corrected chi connectivity index (χ3v) is 2.95. The van der Waals surface area contributed by atoms with Crippen molar-refractivity contribution in [3.8, 4) is 0 Å². The minimum Gasteiger partial charge on any atom is -0.481 e. The van der Waals surface area contributed by atoms with Crippen LogP contribution in [0.15, 0.2) is 5.38 Å². The molecule has 0 aliphatic carbocycles. The Morgan fingerprint density at radius 1 is 1.79 bits per heavy atom. The van der Waals surface area contributed by atoms with Gasteiger partial charge in [0.15, 0.2) is 0 Å². The number of hydrogen-bond donors (Lipinski definition) is 2. The van der Waals surface area contributed by atoms with E-state index in [0.29, 0.717) is 6.42 Å². The van der Waals surface area contributed by atoms with Crippen LogP contribution in [-0.2, 0) is 11.2 Å². The molecule has 14 heavy (non-hydrogen) atoms. The second kappa shape index (κ2) is 5.07. The van der Waals surface area contributed by atoms with Crippen LogP contribution in [0.25, 0.3) is 0 Å². The molecule has 1 aromatic rings. The number of aliphatic carboxylic acids is 1. The minimum absolute atomic E-state index is 0.0152. The van der Waals surface area contributed by atoms with Crippen molar-refractivity contribution in [3.63, 3.8) is 0 Å². The van der Waals surface area contributed by atoms with Gasteiger partial charge < -0.3 is 10.8 Å². The first-order chi connectivity index (χ1) is 6.63. The normalized spacial score (nSPS) is 12.7. The molecule has 1 unspecified atom stereocenters. The maximum Gasteiger partial charge on any atom is 0.303 e. The molecule has 0 bridgehead atoms. The summed E-state index contributed by atoms with van der Waals surface area (Å²) in [5.41, 5.74) is 6.63. The first kappa shape index (κ1) is 11.1. The molecule has 1 atom stereocenters. The molecule has 0 amide bonds. The molecule has 5 heteroatoms. The number of aromatic nitrogens is 1. The number of rotatable bonds is 5. The van der Waals surface area contributed by atoms with E-state index in [4.69, 9.17) is 10.8 Å². The summed E-state index contributed by atoms with van der Waals surface area (Å²) in [5, 5.41) is 11.3. The summed E-state index contributed by atoms with van der Waals surface area (Å²) in [5.74, 6) is -0.792. The molecule has 1 heterocycles. The lowest BCUT2D eigenvalue weighted by Gasteiger charge is -2.02. The SMILES string of the molecule is CCC(N)c1nc(CCC(=O)O)cs1. The van der Waals surface area contributed by atoms with E-state index in [0.717, 1.165) is 17.1 Å². The van der Waals surface area contributed by atoms with E-state index in [9.17, 15) is 4.79 Å². The second-order valence-corrected chi connectivity index (χ2v) is 3.98. The van der Waals surface area contributed by atoms with Crippen molar-refractivity contribution in [2.24, 2.45) is 5.73 Å². The summed E-state index contributed by atoms with van der Waals surface area (Å²) in [4.78, 5) is 14.6. The van der Waals surface area contributed by atoms with Gasteiger partial charge in [-0.2, -0.15) is 0 Å². The summed E-state index contributed by atoms with van der Waals surface area (Å²) in [6, 6.07) is -0.0152. The number of nitrogens with zero attached hydrogens (tertiary/aromatic N) is 1. The molecule has 0 aromatic carbocycles. The maximum atomic E-state index is 10.3. The summed E-state index contributed by atoms with van der Waals surface area (Å²) < 4.78 is 0. The zero-order valence-corrected chi connectivity index (χ0v) is 8.88. The number of carboxylic acids is 1. The minimum atomic E-state index is -0.792. The van der Waals surface area contributed by atoms with Crippen molar-refractivity contribution in [2.75, 3.05) is 0 Å². The van der Waals surface area contributed by atoms with E-state index in [1.807, 2.05) is 12.3 Å². The highest BCUT2D eigenvalue weighted by atomic mass is 32.1. The van der Waals surface area contributed by atoms with Crippen LogP contribution >= 0.6 is 11.3 Å². The number of carbonyl (C=O) groups is 1. The van der Waals surface area contributed by atoms with Crippen molar-refractivity contribution in [1.82, 2.24) is 4.98 Å². The number of carboxylic acid groups (broad SMARTS) is 1. The number of hydrogen-bond acceptors (Lipinski definition) is 4. The van der Waals surface area contributed by atoms with Crippen LogP contribution in [-0.4, -0.2) is 16.1 Å². The third kappa shape index (κ3) is 3.08. The predicted molar refractivity (Wildman–Crippen MR) is 55.3 cm³/mol. The Bertz CT molecular complexity index is 312. The average Bonchev–Trinajstić information content (AvgIpc) is 2.62. The van der Waals surface area contributed by atoms with E-state index >= 15 is 0 Å². The highest BCUT2D eigenvalue weighted by Gasteiger charge is 2.09. The molecule has 1 rings (SSSR count). The lowest BCUT2D eigenvalue weighted by molar-refractivity contribution is -0.136. The van der Waals surface area contributed by atoms with Crippen LogP contribution in [0.4, 0.5) is 0 Å². The fourth-order valence-corrected chi connectivity index (χ4v) is 1.96. The van der Waals surface area contributed by atoms with Crippen molar-refractivity contribution < 1.29 is 9.90 Å². The molecule has 0 saturated carbocycles. The molecule has 0 aliphatic heterocycles. The lowest BCUT2D eigenvalue weighted by atomic mass is 10.2. The standard InChI is InChI=1S/C9H14N2O2S/c1-2-7(10)9-11-6(5-14-9)3-4-8(12)13/h5,7H,2-4,10H2,1H3,(H,12,13). The monoisotopic (exact) mass is 214 g/mol. The molecule has 0 fully saturated rings. The molecule has 0 aliphatic rings. The number of aryl methyl sites for hydroxylation is 1. The topological polar surface area (TPSA) is 76.2 Å². The molecule has 78 valence electrons. The zero-order valence-electron chi connectivity index (χ0n) is 8.06. The fourth-order valence-electron chi connectivity index (χ4n) is 1.02. The van der Waals surface area contributed by atoms with Gasteiger partial charge in [-0.25, -0.2) is 4.98 Å². The van der Waals surface area contributed by atoms with E-state index < -0.39 is 5.97 Å². The van der Waals surface area contributed by atoms with Crippen molar-refractivity contribution in [2.45, 2.75) is 32.2 Å². The molecule has 1 aromatic heterocycles. The Morgan fingerprint density at radius 3 is 3.07 bits per heavy atom. The predicted octanol–water partition coefficient (Wildman–Crippen LogP) is 1.57. The van der Waals surface area contributed by atoms with Crippen molar-refractivity contribution >= 4 is 17.3 Å². The molecular formula is C9H14N2O2S. The quantitative estimate of drug-likeness (QED) is 0.780. The van der Waals surface area contributed by atoms with Crippen LogP contribution in [0.2, 0.25) is 0 Å². The highest BCUT2D eigenvalue weighted by Crippen LogP contribution is 2.19. The molecular weight excluding hydrogens is 200 g/mol. The van der Waals surface area contributed by atoms with Gasteiger partial charge in [0.2, 0.25) is 0 Å². The summed E-state index contributed by atoms with van der Waals surface area (Å²) in [7, 11) is 0. The van der Waals surface area contributed by atoms with Gasteiger partial charge in [-0.1, -0.05) is 6.92 Å². The number of thiazole rings is 1. The second-order valence-electron chi connectivity index (χ2n) is 3.09. The Kier molecular flexibility index (Phi) is 4.03. The van der Waals surface area contributed by atoms with Crippen LogP contribution in [0.5, 0.6) is 0 Å². The largest absolute Gasteiger partial charge is 0.481 e. The maximum absolute atomic E-state index is 10.3. The first-order valence-corrected chi connectivity index (χ1v) is 5.43. The van der Waals surface area contributed by atoms with Gasteiger partial charge in [-0.3, -0.25) is 4.79 Å². The third-order valence-electron chi connectivity index (χ3n) is 1.92. The van der Waals surface area contributed by atoms with Gasteiger partial charge in [0.1, 0.15) is 5.01 Å². The van der Waals surface area contributed by atoms with Gasteiger partial charge >= 0.3 is 5.97 Å². The fraction of sp³-hybridized carbons (Fsp3) is 0.556. The van der Waals surface area contributed by atoms with Gasteiger partial charge in [0.25, 0.3) is 0 Å². The summed E-state index contributed by atoms with van der Waals surface area (Å²) >= 11 is 1.50. The van der Waals surface area contributed by atoms with Gasteiger partial charge in [-0.05, 0) is 6.42 Å². The summed E-state index contributed by atoms with van der Waals surface area (Å²) in [6.07, 6.45) is 1.47. The Morgan fingerprint density at radius 2 is 2.50 bits per heavy atom. The van der Waals surface area contributed by atoms with Crippen LogP contribution in [0.3, 0.4) is 0 Å². The Hall–Kier alpha value is -0.940. The van der Waals surface area contributed by atoms with E-state index in [-0.39, 0.29) is 12.5 Å². The molecule has 0 spiro atoms. The van der Waals surface area contributed by atoms with Gasteiger partial charge in [0, 0.05) is 11.8 Å². The van der Waals surface area contributed by atoms with Gasteiger partial charge in [0.05, 0.1) is 18.2 Å². The zero-order chi connectivity index (χ0) is 10.6. The first-order valence-electron chi connectivity index (χ1n) is 4.55. The number of nitrogens with two attached hydrogens (primary N) is 1. The van der Waals surface area contributed by atoms with Crippen LogP contribution < -0.4 is 5.73 Å². The lowest BCUT2D eigenvalue weighted by Crippen LogP contribution is -2.08. The molecule has 3 N–H and O–H groups in total. The Labute approximate surface area is 86.8 Å². The summed E-state index contributed by atoms with van der Waals surface area (Å²) in [6.45, 7) is 2.00. The average molecular weight is 214 g/mol. The van der Waals surface area contributed by atoms with Crippen LogP contribution in [0.1, 0.15) is 36.5 Å². The van der Waals surface area contributed by atoms with E-state index in [1.165, 1.54) is 11.3 Å². The highest BCUT2D eigenvalue weighted by molar-refractivity contribution is 7.09. The van der Waals surface area contributed by atoms with Crippen LogP contribution in [0, 0.1) is 0 Å². The molecule has 0 radical (unpaired) electrons.